The van der Waals surface area contributed by atoms with Gasteiger partial charge in [0.1, 0.15) is 5.76 Å². The van der Waals surface area contributed by atoms with Gasteiger partial charge in [-0.05, 0) is 36.4 Å². The van der Waals surface area contributed by atoms with Crippen LogP contribution >= 0.6 is 11.3 Å². The molecule has 1 saturated heterocycles. The summed E-state index contributed by atoms with van der Waals surface area (Å²) in [6.45, 7) is 0. The number of aromatic nitrogens is 1. The minimum Gasteiger partial charge on any atom is -0.507 e. The molecule has 4 rings (SSSR count). The van der Waals surface area contributed by atoms with Crippen LogP contribution in [0.3, 0.4) is 0 Å². The molecule has 0 radical (unpaired) electrons. The van der Waals surface area contributed by atoms with E-state index in [1.165, 1.54) is 17.8 Å². The van der Waals surface area contributed by atoms with E-state index in [1.54, 1.807) is 29.4 Å². The van der Waals surface area contributed by atoms with Gasteiger partial charge in [-0.3, -0.25) is 14.6 Å². The van der Waals surface area contributed by atoms with E-state index in [4.69, 9.17) is 0 Å². The summed E-state index contributed by atoms with van der Waals surface area (Å²) in [6, 6.07) is 6.68. The monoisotopic (exact) mass is 368 g/mol. The van der Waals surface area contributed by atoms with Crippen molar-refractivity contribution in [3.63, 3.8) is 0 Å². The Hall–Kier alpha value is -2.47. The highest BCUT2D eigenvalue weighted by atomic mass is 32.1. The van der Waals surface area contributed by atoms with Crippen LogP contribution in [0.1, 0.15) is 48.6 Å². The maximum Gasteiger partial charge on any atom is 0.295 e. The molecule has 1 atom stereocenters. The van der Waals surface area contributed by atoms with Gasteiger partial charge in [0.25, 0.3) is 11.7 Å². The molecule has 26 heavy (non-hydrogen) atoms. The minimum atomic E-state index is -0.594. The van der Waals surface area contributed by atoms with E-state index in [9.17, 15) is 14.7 Å². The number of pyridine rings is 1. The highest BCUT2D eigenvalue weighted by molar-refractivity contribution is 7.10. The minimum absolute atomic E-state index is 0.0510. The highest BCUT2D eigenvalue weighted by Gasteiger charge is 2.49. The summed E-state index contributed by atoms with van der Waals surface area (Å²) in [5.74, 6) is -1.21. The lowest BCUT2D eigenvalue weighted by atomic mass is 9.93. The summed E-state index contributed by atoms with van der Waals surface area (Å²) in [5, 5.41) is 12.8. The van der Waals surface area contributed by atoms with Gasteiger partial charge in [0.2, 0.25) is 0 Å². The summed E-state index contributed by atoms with van der Waals surface area (Å²) in [4.78, 5) is 32.3. The number of thiophene rings is 1. The van der Waals surface area contributed by atoms with E-state index >= 15 is 0 Å². The number of Topliss-reactive ketones (excluding diaryl/α,β-unsaturated/α-hetero) is 1. The van der Waals surface area contributed by atoms with Crippen LogP contribution in [0.15, 0.2) is 47.6 Å². The van der Waals surface area contributed by atoms with Crippen molar-refractivity contribution in [2.24, 2.45) is 0 Å². The van der Waals surface area contributed by atoms with Crippen molar-refractivity contribution in [1.29, 1.82) is 0 Å². The van der Waals surface area contributed by atoms with Crippen molar-refractivity contribution in [3.8, 4) is 0 Å². The first-order valence-electron chi connectivity index (χ1n) is 8.92. The standard InChI is InChI=1S/C20H20N2O3S/c23-18(13-8-10-21-11-9-13)16-17(15-7-4-12-26-15)22(20(25)19(16)24)14-5-2-1-3-6-14/h4,7-12,14,17,23H,1-3,5-6H2/b18-16-. The molecule has 2 fully saturated rings. The summed E-state index contributed by atoms with van der Waals surface area (Å²) in [5.41, 5.74) is 0.692. The number of rotatable bonds is 3. The fourth-order valence-electron chi connectivity index (χ4n) is 3.98. The quantitative estimate of drug-likeness (QED) is 0.507. The second-order valence-electron chi connectivity index (χ2n) is 6.75. The molecule has 1 aliphatic carbocycles. The largest absolute Gasteiger partial charge is 0.507 e. The number of carbonyl (C=O) groups is 2. The first-order chi connectivity index (χ1) is 12.7. The third-order valence-electron chi connectivity index (χ3n) is 5.21. The van der Waals surface area contributed by atoms with Gasteiger partial charge in [0, 0.05) is 28.9 Å². The van der Waals surface area contributed by atoms with Crippen molar-refractivity contribution in [1.82, 2.24) is 9.88 Å². The summed E-state index contributed by atoms with van der Waals surface area (Å²) in [6.07, 6.45) is 8.23. The summed E-state index contributed by atoms with van der Waals surface area (Å²) >= 11 is 1.50. The Labute approximate surface area is 156 Å². The lowest BCUT2D eigenvalue weighted by molar-refractivity contribution is -0.141. The van der Waals surface area contributed by atoms with Crippen LogP contribution in [0.2, 0.25) is 0 Å². The molecular weight excluding hydrogens is 348 g/mol. The van der Waals surface area contributed by atoms with Crippen LogP contribution in [0.5, 0.6) is 0 Å². The molecule has 1 aliphatic heterocycles. The Kier molecular flexibility index (Phi) is 4.59. The van der Waals surface area contributed by atoms with Gasteiger partial charge in [-0.25, -0.2) is 0 Å². The van der Waals surface area contributed by atoms with Crippen molar-refractivity contribution < 1.29 is 14.7 Å². The molecule has 2 aromatic rings. The first-order valence-corrected chi connectivity index (χ1v) is 9.80. The Morgan fingerprint density at radius 2 is 1.85 bits per heavy atom. The lowest BCUT2D eigenvalue weighted by Crippen LogP contribution is -2.40. The molecule has 134 valence electrons. The number of carbonyl (C=O) groups excluding carboxylic acids is 2. The van der Waals surface area contributed by atoms with E-state index in [-0.39, 0.29) is 17.4 Å². The molecular formula is C20H20N2O3S. The van der Waals surface area contributed by atoms with Crippen LogP contribution < -0.4 is 0 Å². The smallest absolute Gasteiger partial charge is 0.295 e. The summed E-state index contributed by atoms with van der Waals surface area (Å²) < 4.78 is 0. The number of hydrogen-bond acceptors (Lipinski definition) is 5. The van der Waals surface area contributed by atoms with Gasteiger partial charge < -0.3 is 10.0 Å². The Morgan fingerprint density at radius 3 is 2.50 bits per heavy atom. The first kappa shape index (κ1) is 17.0. The molecule has 2 aromatic heterocycles. The SMILES string of the molecule is O=C1C(=O)N(C2CCCCC2)C(c2cccs2)/C1=C(/O)c1ccncc1. The average molecular weight is 368 g/mol. The third-order valence-corrected chi connectivity index (χ3v) is 6.14. The topological polar surface area (TPSA) is 70.5 Å². The highest BCUT2D eigenvalue weighted by Crippen LogP contribution is 2.44. The van der Waals surface area contributed by atoms with Gasteiger partial charge in [-0.15, -0.1) is 11.3 Å². The van der Waals surface area contributed by atoms with Gasteiger partial charge in [-0.2, -0.15) is 0 Å². The lowest BCUT2D eigenvalue weighted by Gasteiger charge is -2.34. The number of aliphatic hydroxyl groups excluding tert-OH is 1. The van der Waals surface area contributed by atoms with Crippen molar-refractivity contribution in [2.75, 3.05) is 0 Å². The van der Waals surface area contributed by atoms with Gasteiger partial charge in [0.05, 0.1) is 11.6 Å². The Balaban J connectivity index is 1.84. The predicted molar refractivity (Wildman–Crippen MR) is 99.6 cm³/mol. The molecule has 1 saturated carbocycles. The maximum absolute atomic E-state index is 12.9. The fraction of sp³-hybridized carbons (Fsp3) is 0.350. The average Bonchev–Trinajstić information content (AvgIpc) is 3.30. The maximum atomic E-state index is 12.9. The van der Waals surface area contributed by atoms with E-state index in [2.05, 4.69) is 4.98 Å². The van der Waals surface area contributed by atoms with E-state index in [0.29, 0.717) is 5.56 Å². The molecule has 0 aromatic carbocycles. The van der Waals surface area contributed by atoms with Crippen LogP contribution in [-0.4, -0.2) is 32.7 Å². The van der Waals surface area contributed by atoms with E-state index in [1.807, 2.05) is 17.5 Å². The van der Waals surface area contributed by atoms with Crippen molar-refractivity contribution >= 4 is 28.8 Å². The Bertz CT molecular complexity index is 839. The van der Waals surface area contributed by atoms with Gasteiger partial charge in [-0.1, -0.05) is 25.3 Å². The molecule has 0 spiro atoms. The molecule has 1 unspecified atom stereocenters. The molecule has 1 amide bonds. The molecule has 3 heterocycles. The fourth-order valence-corrected chi connectivity index (χ4v) is 4.81. The van der Waals surface area contributed by atoms with Gasteiger partial charge in [0.15, 0.2) is 0 Å². The number of amides is 1. The zero-order valence-electron chi connectivity index (χ0n) is 14.3. The molecule has 1 N–H and O–H groups in total. The van der Waals surface area contributed by atoms with Crippen LogP contribution in [-0.2, 0) is 9.59 Å². The van der Waals surface area contributed by atoms with Crippen LogP contribution in [0, 0.1) is 0 Å². The zero-order valence-corrected chi connectivity index (χ0v) is 15.1. The van der Waals surface area contributed by atoms with Crippen LogP contribution in [0.4, 0.5) is 0 Å². The second kappa shape index (κ2) is 7.03. The number of hydrogen-bond donors (Lipinski definition) is 1. The molecule has 5 nitrogen and oxygen atoms in total. The van der Waals surface area contributed by atoms with E-state index in [0.717, 1.165) is 30.6 Å². The zero-order chi connectivity index (χ0) is 18.1. The van der Waals surface area contributed by atoms with E-state index < -0.39 is 17.7 Å². The third kappa shape index (κ3) is 2.84. The van der Waals surface area contributed by atoms with Crippen LogP contribution in [0.25, 0.3) is 5.76 Å². The molecule has 2 aliphatic rings. The number of ketones is 1. The predicted octanol–water partition coefficient (Wildman–Crippen LogP) is 3.90. The van der Waals surface area contributed by atoms with Gasteiger partial charge >= 0.3 is 0 Å². The number of likely N-dealkylation sites (tertiary alicyclic amines) is 1. The van der Waals surface area contributed by atoms with Crippen molar-refractivity contribution in [3.05, 3.63) is 58.1 Å². The number of nitrogens with zero attached hydrogens (tertiary/aromatic N) is 2. The molecule has 6 heteroatoms. The van der Waals surface area contributed by atoms with Crippen molar-refractivity contribution in [2.45, 2.75) is 44.2 Å². The second-order valence-corrected chi connectivity index (χ2v) is 7.73. The summed E-state index contributed by atoms with van der Waals surface area (Å²) in [7, 11) is 0. The normalized spacial score (nSPS) is 23.5. The Morgan fingerprint density at radius 1 is 1.12 bits per heavy atom. The molecule has 0 bridgehead atoms. The number of aliphatic hydroxyl groups is 1.